The summed E-state index contributed by atoms with van der Waals surface area (Å²) in [6.45, 7) is 7.51. The van der Waals surface area contributed by atoms with E-state index in [1.54, 1.807) is 0 Å². The Morgan fingerprint density at radius 3 is 2.58 bits per heavy atom. The van der Waals surface area contributed by atoms with Crippen molar-refractivity contribution < 1.29 is 0 Å². The molecule has 3 rings (SSSR count). The summed E-state index contributed by atoms with van der Waals surface area (Å²) in [6.07, 6.45) is 11.6. The van der Waals surface area contributed by atoms with E-state index < -0.39 is 0 Å². The first-order valence-electron chi connectivity index (χ1n) is 8.72. The second kappa shape index (κ2) is 6.13. The zero-order valence-electron chi connectivity index (χ0n) is 12.9. The molecule has 2 bridgehead atoms. The minimum Gasteiger partial charge on any atom is -0.310 e. The summed E-state index contributed by atoms with van der Waals surface area (Å²) in [7, 11) is 0. The zero-order chi connectivity index (χ0) is 13.2. The largest absolute Gasteiger partial charge is 0.310 e. The third kappa shape index (κ3) is 3.33. The van der Waals surface area contributed by atoms with E-state index in [9.17, 15) is 0 Å². The second-order valence-corrected chi connectivity index (χ2v) is 7.59. The van der Waals surface area contributed by atoms with Crippen molar-refractivity contribution in [2.75, 3.05) is 13.1 Å². The van der Waals surface area contributed by atoms with Crippen LogP contribution in [0.4, 0.5) is 0 Å². The van der Waals surface area contributed by atoms with Gasteiger partial charge in [0.2, 0.25) is 0 Å². The zero-order valence-corrected chi connectivity index (χ0v) is 12.9. The van der Waals surface area contributed by atoms with Gasteiger partial charge in [-0.05, 0) is 56.9 Å². The van der Waals surface area contributed by atoms with Crippen LogP contribution >= 0.6 is 0 Å². The number of nitrogens with zero attached hydrogens (tertiary/aromatic N) is 1. The van der Waals surface area contributed by atoms with E-state index in [1.807, 2.05) is 0 Å². The Hall–Kier alpha value is -0.0800. The number of nitrogens with one attached hydrogen (secondary N) is 1. The van der Waals surface area contributed by atoms with Gasteiger partial charge in [-0.3, -0.25) is 4.90 Å². The van der Waals surface area contributed by atoms with Gasteiger partial charge in [0.1, 0.15) is 0 Å². The molecule has 2 heterocycles. The molecule has 3 fully saturated rings. The van der Waals surface area contributed by atoms with Gasteiger partial charge < -0.3 is 5.32 Å². The molecule has 1 saturated carbocycles. The molecule has 0 radical (unpaired) electrons. The average molecular weight is 264 g/mol. The summed E-state index contributed by atoms with van der Waals surface area (Å²) >= 11 is 0. The Kier molecular flexibility index (Phi) is 4.48. The number of rotatable bonds is 2. The number of hydrogen-bond donors (Lipinski definition) is 1. The lowest BCUT2D eigenvalue weighted by Gasteiger charge is -2.32. The smallest absolute Gasteiger partial charge is 0.0198 e. The fourth-order valence-electron chi connectivity index (χ4n) is 4.64. The van der Waals surface area contributed by atoms with E-state index in [1.165, 1.54) is 64.5 Å². The van der Waals surface area contributed by atoms with Crippen LogP contribution in [-0.4, -0.2) is 36.1 Å². The molecular weight excluding hydrogens is 232 g/mol. The maximum atomic E-state index is 3.82. The van der Waals surface area contributed by atoms with Crippen molar-refractivity contribution in [1.29, 1.82) is 0 Å². The Labute approximate surface area is 119 Å². The third-order valence-corrected chi connectivity index (χ3v) is 6.00. The summed E-state index contributed by atoms with van der Waals surface area (Å²) in [6, 6.07) is 2.53. The lowest BCUT2D eigenvalue weighted by atomic mass is 9.89. The first-order valence-corrected chi connectivity index (χ1v) is 8.72. The molecule has 0 aromatic heterocycles. The van der Waals surface area contributed by atoms with Gasteiger partial charge in [-0.1, -0.05) is 26.7 Å². The molecule has 2 heteroatoms. The van der Waals surface area contributed by atoms with Crippen LogP contribution in [0.5, 0.6) is 0 Å². The van der Waals surface area contributed by atoms with Crippen LogP contribution in [0.25, 0.3) is 0 Å². The van der Waals surface area contributed by atoms with Crippen LogP contribution in [0.15, 0.2) is 0 Å². The molecule has 2 saturated heterocycles. The van der Waals surface area contributed by atoms with Crippen LogP contribution in [0.2, 0.25) is 0 Å². The van der Waals surface area contributed by atoms with Crippen LogP contribution < -0.4 is 5.32 Å². The molecule has 110 valence electrons. The normalized spacial score (nSPS) is 41.2. The van der Waals surface area contributed by atoms with E-state index in [0.29, 0.717) is 0 Å². The van der Waals surface area contributed by atoms with Crippen molar-refractivity contribution in [3.05, 3.63) is 0 Å². The van der Waals surface area contributed by atoms with Crippen molar-refractivity contribution in [2.45, 2.75) is 83.3 Å². The van der Waals surface area contributed by atoms with E-state index in [-0.39, 0.29) is 0 Å². The first-order chi connectivity index (χ1) is 9.22. The van der Waals surface area contributed by atoms with Crippen LogP contribution in [0.3, 0.4) is 0 Å². The quantitative estimate of drug-likeness (QED) is 0.769. The minimum absolute atomic E-state index is 0.802. The molecule has 0 amide bonds. The standard InChI is InChI=1S/C17H32N2/c1-13(2)14-4-3-5-17(9-6-14)19-11-10-15-7-8-16(12-19)18-15/h13-18H,3-12H2,1-2H3. The maximum absolute atomic E-state index is 3.82. The monoisotopic (exact) mass is 264 g/mol. The SMILES string of the molecule is CC(C)C1CCCC(N2CCC3CCC(C2)N3)CC1. The van der Waals surface area contributed by atoms with Crippen LogP contribution in [-0.2, 0) is 0 Å². The molecule has 0 aromatic carbocycles. The number of likely N-dealkylation sites (tertiary alicyclic amines) is 1. The van der Waals surface area contributed by atoms with Crippen molar-refractivity contribution >= 4 is 0 Å². The summed E-state index contributed by atoms with van der Waals surface area (Å²) in [5.41, 5.74) is 0. The molecule has 2 aliphatic heterocycles. The Morgan fingerprint density at radius 2 is 1.74 bits per heavy atom. The van der Waals surface area contributed by atoms with Gasteiger partial charge in [0, 0.05) is 24.7 Å². The highest BCUT2D eigenvalue weighted by Gasteiger charge is 2.33. The van der Waals surface area contributed by atoms with Gasteiger partial charge in [0.25, 0.3) is 0 Å². The number of hydrogen-bond acceptors (Lipinski definition) is 2. The van der Waals surface area contributed by atoms with Gasteiger partial charge >= 0.3 is 0 Å². The second-order valence-electron chi connectivity index (χ2n) is 7.59. The Morgan fingerprint density at radius 1 is 0.895 bits per heavy atom. The van der Waals surface area contributed by atoms with Crippen LogP contribution in [0.1, 0.15) is 65.2 Å². The predicted octanol–water partition coefficient (Wildman–Crippen LogP) is 3.42. The highest BCUT2D eigenvalue weighted by molar-refractivity contribution is 4.92. The molecule has 0 aromatic rings. The minimum atomic E-state index is 0.802. The molecule has 3 aliphatic rings. The van der Waals surface area contributed by atoms with Crippen LogP contribution in [0, 0.1) is 11.8 Å². The summed E-state index contributed by atoms with van der Waals surface area (Å²) in [5.74, 6) is 1.88. The molecule has 2 nitrogen and oxygen atoms in total. The molecule has 0 spiro atoms. The van der Waals surface area contributed by atoms with Crippen molar-refractivity contribution in [3.63, 3.8) is 0 Å². The van der Waals surface area contributed by atoms with Gasteiger partial charge in [-0.2, -0.15) is 0 Å². The van der Waals surface area contributed by atoms with Gasteiger partial charge in [-0.25, -0.2) is 0 Å². The lowest BCUT2D eigenvalue weighted by Crippen LogP contribution is -2.41. The summed E-state index contributed by atoms with van der Waals surface area (Å²) in [5, 5.41) is 3.82. The molecule has 1 N–H and O–H groups in total. The first kappa shape index (κ1) is 13.9. The summed E-state index contributed by atoms with van der Waals surface area (Å²) < 4.78 is 0. The van der Waals surface area contributed by atoms with Crippen molar-refractivity contribution in [1.82, 2.24) is 10.2 Å². The Bertz CT molecular complexity index is 289. The van der Waals surface area contributed by atoms with E-state index in [0.717, 1.165) is 30.0 Å². The Balaban J connectivity index is 1.56. The molecule has 4 unspecified atom stereocenters. The van der Waals surface area contributed by atoms with Gasteiger partial charge in [-0.15, -0.1) is 0 Å². The van der Waals surface area contributed by atoms with E-state index in [2.05, 4.69) is 24.1 Å². The fourth-order valence-corrected chi connectivity index (χ4v) is 4.64. The third-order valence-electron chi connectivity index (χ3n) is 6.00. The lowest BCUT2D eigenvalue weighted by molar-refractivity contribution is 0.168. The van der Waals surface area contributed by atoms with Gasteiger partial charge in [0.15, 0.2) is 0 Å². The van der Waals surface area contributed by atoms with E-state index >= 15 is 0 Å². The highest BCUT2D eigenvalue weighted by atomic mass is 15.2. The predicted molar refractivity (Wildman–Crippen MR) is 81.3 cm³/mol. The van der Waals surface area contributed by atoms with Crippen molar-refractivity contribution in [2.24, 2.45) is 11.8 Å². The maximum Gasteiger partial charge on any atom is 0.0198 e. The van der Waals surface area contributed by atoms with E-state index in [4.69, 9.17) is 0 Å². The molecule has 1 aliphatic carbocycles. The van der Waals surface area contributed by atoms with Crippen molar-refractivity contribution in [3.8, 4) is 0 Å². The van der Waals surface area contributed by atoms with Gasteiger partial charge in [0.05, 0.1) is 0 Å². The fraction of sp³-hybridized carbons (Fsp3) is 1.00. The average Bonchev–Trinajstić information content (AvgIpc) is 2.60. The highest BCUT2D eigenvalue weighted by Crippen LogP contribution is 2.32. The molecule has 19 heavy (non-hydrogen) atoms. The summed E-state index contributed by atoms with van der Waals surface area (Å²) in [4.78, 5) is 2.85. The molecular formula is C17H32N2. The topological polar surface area (TPSA) is 15.3 Å². The molecule has 4 atom stereocenters. The number of fused-ring (bicyclic) bond motifs is 2.